The number of hydrogen-bond donors (Lipinski definition) is 1. The molecule has 0 aromatic rings. The summed E-state index contributed by atoms with van der Waals surface area (Å²) in [7, 11) is 0. The van der Waals surface area contributed by atoms with Crippen molar-refractivity contribution in [2.24, 2.45) is 46.3 Å². The molecule has 2 heterocycles. The average molecular weight is 489 g/mol. The quantitative estimate of drug-likeness (QED) is 0.541. The fourth-order valence-corrected chi connectivity index (χ4v) is 10.2. The summed E-state index contributed by atoms with van der Waals surface area (Å²) in [4.78, 5) is 25.7. The van der Waals surface area contributed by atoms with E-state index in [1.165, 1.54) is 6.92 Å². The molecule has 2 saturated heterocycles. The minimum atomic E-state index is -1.03. The van der Waals surface area contributed by atoms with Crippen LogP contribution in [0.3, 0.4) is 0 Å². The van der Waals surface area contributed by atoms with Crippen molar-refractivity contribution in [3.05, 3.63) is 0 Å². The zero-order valence-corrected chi connectivity index (χ0v) is 22.2. The van der Waals surface area contributed by atoms with Gasteiger partial charge in [0.05, 0.1) is 23.7 Å². The van der Waals surface area contributed by atoms with E-state index < -0.39 is 16.8 Å². The van der Waals surface area contributed by atoms with Crippen LogP contribution in [0.1, 0.15) is 92.4 Å². The molecule has 196 valence electrons. The van der Waals surface area contributed by atoms with Gasteiger partial charge in [0.25, 0.3) is 0 Å². The van der Waals surface area contributed by atoms with Crippen LogP contribution in [0, 0.1) is 46.3 Å². The van der Waals surface area contributed by atoms with Crippen LogP contribution in [0.15, 0.2) is 0 Å². The Morgan fingerprint density at radius 2 is 1.86 bits per heavy atom. The van der Waals surface area contributed by atoms with Gasteiger partial charge in [-0.15, -0.1) is 0 Å². The molecule has 12 atom stereocenters. The van der Waals surface area contributed by atoms with E-state index in [1.807, 2.05) is 0 Å². The van der Waals surface area contributed by atoms with Gasteiger partial charge in [0, 0.05) is 38.0 Å². The van der Waals surface area contributed by atoms with Gasteiger partial charge in [0.2, 0.25) is 0 Å². The number of ether oxygens (including phenoxy) is 3. The summed E-state index contributed by atoms with van der Waals surface area (Å²) < 4.78 is 18.7. The zero-order valence-electron chi connectivity index (χ0n) is 22.2. The number of fused-ring (bicyclic) bond motifs is 7. The molecular weight excluding hydrogens is 444 g/mol. The van der Waals surface area contributed by atoms with Crippen molar-refractivity contribution in [1.82, 2.24) is 0 Å². The van der Waals surface area contributed by atoms with Gasteiger partial charge < -0.3 is 19.3 Å². The van der Waals surface area contributed by atoms with Crippen molar-refractivity contribution in [3.8, 4) is 0 Å². The molecule has 4 saturated carbocycles. The highest BCUT2D eigenvalue weighted by molar-refractivity contribution is 5.88. The highest BCUT2D eigenvalue weighted by Crippen LogP contribution is 2.71. The van der Waals surface area contributed by atoms with Gasteiger partial charge in [0.1, 0.15) is 11.9 Å². The molecule has 6 rings (SSSR count). The van der Waals surface area contributed by atoms with Crippen LogP contribution in [0.25, 0.3) is 0 Å². The Hall–Kier alpha value is -0.980. The molecule has 0 bridgehead atoms. The molecule has 0 aromatic carbocycles. The van der Waals surface area contributed by atoms with Crippen LogP contribution in [-0.4, -0.2) is 47.1 Å². The number of rotatable bonds is 1. The van der Waals surface area contributed by atoms with Gasteiger partial charge in [-0.1, -0.05) is 20.8 Å². The van der Waals surface area contributed by atoms with E-state index in [-0.39, 0.29) is 53.0 Å². The number of hydrogen-bond acceptors (Lipinski definition) is 6. The first-order valence-electron chi connectivity index (χ1n) is 14.2. The van der Waals surface area contributed by atoms with E-state index in [0.717, 1.165) is 44.9 Å². The summed E-state index contributed by atoms with van der Waals surface area (Å²) in [6.07, 6.45) is 7.56. The smallest absolute Gasteiger partial charge is 0.302 e. The van der Waals surface area contributed by atoms with E-state index in [1.54, 1.807) is 0 Å². The molecule has 35 heavy (non-hydrogen) atoms. The van der Waals surface area contributed by atoms with Gasteiger partial charge in [-0.3, -0.25) is 9.59 Å². The van der Waals surface area contributed by atoms with Gasteiger partial charge in [-0.25, -0.2) is 0 Å². The lowest BCUT2D eigenvalue weighted by atomic mass is 9.42. The Morgan fingerprint density at radius 3 is 2.54 bits per heavy atom. The second-order valence-electron chi connectivity index (χ2n) is 13.7. The molecule has 0 aromatic heterocycles. The molecule has 6 aliphatic rings. The predicted molar refractivity (Wildman–Crippen MR) is 129 cm³/mol. The summed E-state index contributed by atoms with van der Waals surface area (Å²) in [5, 5.41) is 12.6. The van der Waals surface area contributed by atoms with Gasteiger partial charge in [0.15, 0.2) is 5.79 Å². The summed E-state index contributed by atoms with van der Waals surface area (Å²) in [5.41, 5.74) is -1.81. The maximum atomic E-state index is 14.2. The van der Waals surface area contributed by atoms with Crippen molar-refractivity contribution < 1.29 is 28.9 Å². The van der Waals surface area contributed by atoms with E-state index >= 15 is 0 Å². The minimum absolute atomic E-state index is 0.000299. The number of carbonyl (C=O) groups excluding carboxylic acids is 2. The third kappa shape index (κ3) is 3.11. The molecule has 0 unspecified atom stereocenters. The van der Waals surface area contributed by atoms with Crippen molar-refractivity contribution in [3.63, 3.8) is 0 Å². The molecule has 0 radical (unpaired) electrons. The number of esters is 1. The molecule has 1 N–H and O–H groups in total. The first-order valence-corrected chi connectivity index (χ1v) is 14.2. The molecule has 4 aliphatic carbocycles. The summed E-state index contributed by atoms with van der Waals surface area (Å²) in [6, 6.07) is 0. The fourth-order valence-electron chi connectivity index (χ4n) is 10.2. The Kier molecular flexibility index (Phi) is 5.41. The molecule has 0 amide bonds. The summed E-state index contributed by atoms with van der Waals surface area (Å²) >= 11 is 0. The lowest BCUT2D eigenvalue weighted by Crippen LogP contribution is -2.66. The average Bonchev–Trinajstić information content (AvgIpc) is 3.19. The molecule has 2 aliphatic heterocycles. The monoisotopic (exact) mass is 488 g/mol. The van der Waals surface area contributed by atoms with Crippen LogP contribution in [0.2, 0.25) is 0 Å². The summed E-state index contributed by atoms with van der Waals surface area (Å²) in [6.45, 7) is 11.0. The molecule has 6 fully saturated rings. The molecule has 6 nitrogen and oxygen atoms in total. The SMILES string of the molecule is CC(=O)O[C@H]1CC[C@@]2(C)[C@@H](CC[C@@H]3[C@@H]2CC(=O)[C@]2(C)[C@@H]4[C@H](C[C@]32O)O[C@]2(CC[C@@H](C)CO2)[C@H]4C)C1. The first-order chi connectivity index (χ1) is 16.4. The van der Waals surface area contributed by atoms with Crippen LogP contribution < -0.4 is 0 Å². The third-order valence-electron chi connectivity index (χ3n) is 12.2. The first kappa shape index (κ1) is 24.4. The van der Waals surface area contributed by atoms with Gasteiger partial charge >= 0.3 is 5.97 Å². The normalized spacial score (nSPS) is 57.3. The standard InChI is InChI=1S/C29H44O6/c1-16-8-11-29(33-15-16)17(2)25-23(35-29)14-28(32)21-7-6-19-12-20(34-18(3)30)9-10-26(19,4)22(21)13-24(31)27(25,28)5/h16-17,19-23,25,32H,6-15H2,1-5H3/t16-,17+,19+,20+,21-,22+,23+,25+,26+,27-,28+,29-/m1/s1. The van der Waals surface area contributed by atoms with E-state index in [9.17, 15) is 14.7 Å². The van der Waals surface area contributed by atoms with Crippen LogP contribution in [0.5, 0.6) is 0 Å². The van der Waals surface area contributed by atoms with E-state index in [2.05, 4.69) is 27.7 Å². The van der Waals surface area contributed by atoms with Crippen LogP contribution >= 0.6 is 0 Å². The number of aliphatic hydroxyl groups is 1. The van der Waals surface area contributed by atoms with Crippen molar-refractivity contribution in [1.29, 1.82) is 0 Å². The van der Waals surface area contributed by atoms with Crippen molar-refractivity contribution in [2.75, 3.05) is 6.61 Å². The Labute approximate surface area is 209 Å². The van der Waals surface area contributed by atoms with Gasteiger partial charge in [-0.2, -0.15) is 0 Å². The van der Waals surface area contributed by atoms with Crippen LogP contribution in [0.4, 0.5) is 0 Å². The Morgan fingerprint density at radius 1 is 1.09 bits per heavy atom. The minimum Gasteiger partial charge on any atom is -0.463 e. The molecular formula is C29H44O6. The van der Waals surface area contributed by atoms with Gasteiger partial charge in [-0.05, 0) is 74.5 Å². The maximum Gasteiger partial charge on any atom is 0.302 e. The Bertz CT molecular complexity index is 909. The van der Waals surface area contributed by atoms with Crippen molar-refractivity contribution in [2.45, 2.75) is 116 Å². The topological polar surface area (TPSA) is 82.1 Å². The maximum absolute atomic E-state index is 14.2. The van der Waals surface area contributed by atoms with E-state index in [0.29, 0.717) is 31.3 Å². The molecule has 1 spiro atoms. The second kappa shape index (κ2) is 7.77. The van der Waals surface area contributed by atoms with Crippen molar-refractivity contribution >= 4 is 11.8 Å². The summed E-state index contributed by atoms with van der Waals surface area (Å²) in [5.74, 6) is 0.780. The number of carbonyl (C=O) groups is 2. The van der Waals surface area contributed by atoms with Crippen LogP contribution in [-0.2, 0) is 23.8 Å². The number of Topliss-reactive ketones (excluding diaryl/α,β-unsaturated/α-hetero) is 1. The zero-order chi connectivity index (χ0) is 25.0. The third-order valence-corrected chi connectivity index (χ3v) is 12.2. The second-order valence-corrected chi connectivity index (χ2v) is 13.7. The number of ketones is 1. The van der Waals surface area contributed by atoms with E-state index in [4.69, 9.17) is 14.2 Å². The highest BCUT2D eigenvalue weighted by atomic mass is 16.7. The lowest BCUT2D eigenvalue weighted by molar-refractivity contribution is -0.279. The lowest BCUT2D eigenvalue weighted by Gasteiger charge is -2.63. The Balaban J connectivity index is 1.29. The highest BCUT2D eigenvalue weighted by Gasteiger charge is 2.77. The molecule has 6 heteroatoms. The predicted octanol–water partition coefficient (Wildman–Crippen LogP) is 4.66. The fraction of sp³-hybridized carbons (Fsp3) is 0.931. The largest absolute Gasteiger partial charge is 0.463 e.